The Morgan fingerprint density at radius 2 is 1.88 bits per heavy atom. The fraction of sp³-hybridized carbons (Fsp3) is 0.381. The number of hydrogen-bond acceptors (Lipinski definition) is 1. The summed E-state index contributed by atoms with van der Waals surface area (Å²) in [7, 11) is 0. The molecule has 2 aromatic carbocycles. The third-order valence-corrected chi connectivity index (χ3v) is 5.22. The molecule has 24 heavy (non-hydrogen) atoms. The Hall–Kier alpha value is -1.87. The normalized spacial score (nSPS) is 15.0. The maximum Gasteiger partial charge on any atom is 0.173 e. The zero-order valence-electron chi connectivity index (χ0n) is 14.8. The third kappa shape index (κ3) is 4.15. The summed E-state index contributed by atoms with van der Waals surface area (Å²) in [5, 5.41) is 4.32. The van der Waals surface area contributed by atoms with E-state index in [1.807, 2.05) is 0 Å². The van der Waals surface area contributed by atoms with Gasteiger partial charge in [-0.3, -0.25) is 0 Å². The summed E-state index contributed by atoms with van der Waals surface area (Å²) >= 11 is 5.80. The first-order valence-corrected chi connectivity index (χ1v) is 9.14. The molecule has 1 aliphatic carbocycles. The highest BCUT2D eigenvalue weighted by atomic mass is 32.1. The minimum Gasteiger partial charge on any atom is -0.342 e. The first-order valence-electron chi connectivity index (χ1n) is 8.73. The molecule has 0 spiro atoms. The minimum absolute atomic E-state index is 0.468. The average Bonchev–Trinajstić information content (AvgIpc) is 3.41. The van der Waals surface area contributed by atoms with E-state index in [2.05, 4.69) is 79.5 Å². The summed E-state index contributed by atoms with van der Waals surface area (Å²) in [6.45, 7) is 7.39. The van der Waals surface area contributed by atoms with Gasteiger partial charge in [0.05, 0.1) is 0 Å². The topological polar surface area (TPSA) is 15.3 Å². The van der Waals surface area contributed by atoms with Gasteiger partial charge in [0.2, 0.25) is 0 Å². The number of rotatable bonds is 5. The Balaban J connectivity index is 1.79. The van der Waals surface area contributed by atoms with Gasteiger partial charge in [-0.1, -0.05) is 42.5 Å². The van der Waals surface area contributed by atoms with Gasteiger partial charge in [0, 0.05) is 18.3 Å². The van der Waals surface area contributed by atoms with E-state index in [1.54, 1.807) is 0 Å². The van der Waals surface area contributed by atoms with Gasteiger partial charge in [-0.2, -0.15) is 0 Å². The second-order valence-electron chi connectivity index (χ2n) is 6.94. The van der Waals surface area contributed by atoms with Gasteiger partial charge in [-0.25, -0.2) is 0 Å². The lowest BCUT2D eigenvalue weighted by atomic mass is 10.1. The van der Waals surface area contributed by atoms with Crippen LogP contribution < -0.4 is 5.32 Å². The van der Waals surface area contributed by atoms with Gasteiger partial charge in [0.1, 0.15) is 0 Å². The van der Waals surface area contributed by atoms with Crippen LogP contribution in [0.3, 0.4) is 0 Å². The zero-order valence-corrected chi connectivity index (χ0v) is 15.6. The molecule has 0 bridgehead atoms. The van der Waals surface area contributed by atoms with Gasteiger partial charge < -0.3 is 10.2 Å². The maximum atomic E-state index is 5.80. The van der Waals surface area contributed by atoms with Crippen molar-refractivity contribution in [1.29, 1.82) is 0 Å². The Labute approximate surface area is 150 Å². The third-order valence-electron chi connectivity index (χ3n) is 4.89. The smallest absolute Gasteiger partial charge is 0.173 e. The van der Waals surface area contributed by atoms with E-state index in [9.17, 15) is 0 Å². The first kappa shape index (κ1) is 17.0. The van der Waals surface area contributed by atoms with E-state index in [4.69, 9.17) is 12.2 Å². The first-order chi connectivity index (χ1) is 11.5. The highest BCUT2D eigenvalue weighted by molar-refractivity contribution is 7.80. The summed E-state index contributed by atoms with van der Waals surface area (Å²) < 4.78 is 0. The SMILES string of the molecule is Cc1ccc(C)c(NC(=S)N(Cc2ccccc2)[C@@H](C)C2CC2)c1. The highest BCUT2D eigenvalue weighted by Gasteiger charge is 2.33. The average molecular weight is 339 g/mol. The Kier molecular flexibility index (Phi) is 5.20. The molecule has 3 heteroatoms. The van der Waals surface area contributed by atoms with Gasteiger partial charge >= 0.3 is 0 Å². The molecule has 2 aromatic rings. The second kappa shape index (κ2) is 7.35. The van der Waals surface area contributed by atoms with Crippen LogP contribution >= 0.6 is 12.2 Å². The molecule has 2 nitrogen and oxygen atoms in total. The number of aryl methyl sites for hydroxylation is 2. The molecule has 0 aliphatic heterocycles. The summed E-state index contributed by atoms with van der Waals surface area (Å²) in [4.78, 5) is 2.35. The van der Waals surface area contributed by atoms with Crippen molar-refractivity contribution in [3.8, 4) is 0 Å². The van der Waals surface area contributed by atoms with Gasteiger partial charge in [-0.05, 0) is 74.5 Å². The quantitative estimate of drug-likeness (QED) is 0.745. The lowest BCUT2D eigenvalue weighted by molar-refractivity contribution is 0.298. The van der Waals surface area contributed by atoms with Crippen molar-refractivity contribution in [2.24, 2.45) is 5.92 Å². The molecular formula is C21H26N2S. The molecule has 0 radical (unpaired) electrons. The van der Waals surface area contributed by atoms with Gasteiger partial charge in [0.25, 0.3) is 0 Å². The van der Waals surface area contributed by atoms with Crippen LogP contribution in [-0.2, 0) is 6.54 Å². The van der Waals surface area contributed by atoms with Crippen LogP contribution in [0.4, 0.5) is 5.69 Å². The Morgan fingerprint density at radius 3 is 2.54 bits per heavy atom. The minimum atomic E-state index is 0.468. The number of hydrogen-bond donors (Lipinski definition) is 1. The van der Waals surface area contributed by atoms with Crippen molar-refractivity contribution in [3.05, 3.63) is 65.2 Å². The molecule has 0 heterocycles. The van der Waals surface area contributed by atoms with Crippen LogP contribution in [0.15, 0.2) is 48.5 Å². The molecule has 1 N–H and O–H groups in total. The van der Waals surface area contributed by atoms with Gasteiger partial charge in [-0.15, -0.1) is 0 Å². The fourth-order valence-electron chi connectivity index (χ4n) is 3.07. The lowest BCUT2D eigenvalue weighted by Crippen LogP contribution is -2.42. The molecule has 126 valence electrons. The van der Waals surface area contributed by atoms with Crippen LogP contribution in [0.5, 0.6) is 0 Å². The van der Waals surface area contributed by atoms with Crippen molar-refractivity contribution in [1.82, 2.24) is 4.90 Å². The van der Waals surface area contributed by atoms with Crippen molar-refractivity contribution in [2.75, 3.05) is 5.32 Å². The predicted molar refractivity (Wildman–Crippen MR) is 106 cm³/mol. The largest absolute Gasteiger partial charge is 0.342 e. The van der Waals surface area contributed by atoms with Crippen LogP contribution in [0.1, 0.15) is 36.5 Å². The van der Waals surface area contributed by atoms with Crippen molar-refractivity contribution in [2.45, 2.75) is 46.2 Å². The molecule has 0 aromatic heterocycles. The summed E-state index contributed by atoms with van der Waals surface area (Å²) in [6.07, 6.45) is 2.64. The van der Waals surface area contributed by atoms with E-state index in [0.717, 1.165) is 23.3 Å². The second-order valence-corrected chi connectivity index (χ2v) is 7.33. The molecule has 1 saturated carbocycles. The lowest BCUT2D eigenvalue weighted by Gasteiger charge is -2.32. The van der Waals surface area contributed by atoms with Crippen molar-refractivity contribution in [3.63, 3.8) is 0 Å². The van der Waals surface area contributed by atoms with Crippen LogP contribution in [-0.4, -0.2) is 16.1 Å². The van der Waals surface area contributed by atoms with Crippen LogP contribution in [0.2, 0.25) is 0 Å². The van der Waals surface area contributed by atoms with E-state index >= 15 is 0 Å². The fourth-order valence-corrected chi connectivity index (χ4v) is 3.41. The van der Waals surface area contributed by atoms with E-state index in [0.29, 0.717) is 6.04 Å². The van der Waals surface area contributed by atoms with Crippen LogP contribution in [0, 0.1) is 19.8 Å². The number of nitrogens with one attached hydrogen (secondary N) is 1. The summed E-state index contributed by atoms with van der Waals surface area (Å²) in [5.41, 5.74) is 4.88. The number of thiocarbonyl (C=S) groups is 1. The molecule has 1 atom stereocenters. The molecule has 1 fully saturated rings. The van der Waals surface area contributed by atoms with Gasteiger partial charge in [0.15, 0.2) is 5.11 Å². The van der Waals surface area contributed by atoms with Crippen LogP contribution in [0.25, 0.3) is 0 Å². The molecule has 1 aliphatic rings. The van der Waals surface area contributed by atoms with Crippen molar-refractivity contribution < 1.29 is 0 Å². The van der Waals surface area contributed by atoms with E-state index in [-0.39, 0.29) is 0 Å². The highest BCUT2D eigenvalue weighted by Crippen LogP contribution is 2.36. The summed E-state index contributed by atoms with van der Waals surface area (Å²) in [5.74, 6) is 0.770. The van der Waals surface area contributed by atoms with Crippen molar-refractivity contribution >= 4 is 23.0 Å². The predicted octanol–water partition coefficient (Wildman–Crippen LogP) is 5.30. The summed E-state index contributed by atoms with van der Waals surface area (Å²) in [6, 6.07) is 17.5. The molecule has 0 saturated heterocycles. The molecule has 0 amide bonds. The number of benzene rings is 2. The standard InChI is InChI=1S/C21H26N2S/c1-15-9-10-16(2)20(13-15)22-21(24)23(17(3)19-11-12-19)14-18-7-5-4-6-8-18/h4-10,13,17,19H,11-12,14H2,1-3H3,(H,22,24)/t17-/m0/s1. The molecule has 3 rings (SSSR count). The van der Waals surface area contributed by atoms with E-state index < -0.39 is 0 Å². The maximum absolute atomic E-state index is 5.80. The number of anilines is 1. The van der Waals surface area contributed by atoms with E-state index in [1.165, 1.54) is 29.5 Å². The zero-order chi connectivity index (χ0) is 17.1. The molecular weight excluding hydrogens is 312 g/mol. The Bertz CT molecular complexity index is 707. The monoisotopic (exact) mass is 338 g/mol. The number of nitrogens with zero attached hydrogens (tertiary/aromatic N) is 1. The Morgan fingerprint density at radius 1 is 1.17 bits per heavy atom. The molecule has 0 unspecified atom stereocenters.